The van der Waals surface area contributed by atoms with Crippen LogP contribution in [-0.4, -0.2) is 42.5 Å². The number of nitrogens with zero attached hydrogens (tertiary/aromatic N) is 2. The second-order valence-corrected chi connectivity index (χ2v) is 10.9. The van der Waals surface area contributed by atoms with Crippen molar-refractivity contribution in [1.82, 2.24) is 9.88 Å². The van der Waals surface area contributed by atoms with Crippen LogP contribution < -0.4 is 0 Å². The number of aryl methyl sites for hydroxylation is 1. The Morgan fingerprint density at radius 3 is 2.74 bits per heavy atom. The van der Waals surface area contributed by atoms with Gasteiger partial charge in [-0.1, -0.05) is 6.07 Å². The number of amides is 1. The summed E-state index contributed by atoms with van der Waals surface area (Å²) in [6, 6.07) is 7.62. The standard InChI is InChI=1S/C19H16N2O3S3/c1-11-20-16(10-26-11)19(22)21-7-15-14-6-12(13-4-5-25-9-13)2-3-17(14)27(23,24)18(15)8-21/h2-6,9-10,15,18H,7-8H2,1H3. The quantitative estimate of drug-likeness (QED) is 0.640. The van der Waals surface area contributed by atoms with Crippen molar-refractivity contribution < 1.29 is 13.2 Å². The van der Waals surface area contributed by atoms with Crippen molar-refractivity contribution in [3.63, 3.8) is 0 Å². The molecule has 5 rings (SSSR count). The largest absolute Gasteiger partial charge is 0.335 e. The number of hydrogen-bond donors (Lipinski definition) is 0. The van der Waals surface area contributed by atoms with Gasteiger partial charge in [-0.05, 0) is 52.6 Å². The van der Waals surface area contributed by atoms with Gasteiger partial charge in [-0.15, -0.1) is 11.3 Å². The number of aromatic nitrogens is 1. The van der Waals surface area contributed by atoms with Gasteiger partial charge in [0.25, 0.3) is 5.91 Å². The summed E-state index contributed by atoms with van der Waals surface area (Å²) in [5.41, 5.74) is 3.36. The van der Waals surface area contributed by atoms with E-state index in [4.69, 9.17) is 0 Å². The minimum Gasteiger partial charge on any atom is -0.335 e. The van der Waals surface area contributed by atoms with Gasteiger partial charge < -0.3 is 4.90 Å². The average Bonchev–Trinajstić information content (AvgIpc) is 3.41. The number of carbonyl (C=O) groups excluding carboxylic acids is 1. The number of thiophene rings is 1. The van der Waals surface area contributed by atoms with E-state index in [2.05, 4.69) is 10.4 Å². The molecule has 0 spiro atoms. The lowest BCUT2D eigenvalue weighted by atomic mass is 9.95. The zero-order valence-electron chi connectivity index (χ0n) is 14.5. The molecule has 2 aliphatic heterocycles. The predicted octanol–water partition coefficient (Wildman–Crippen LogP) is 3.58. The molecule has 1 fully saturated rings. The molecular weight excluding hydrogens is 400 g/mol. The molecule has 1 aromatic carbocycles. The van der Waals surface area contributed by atoms with Crippen LogP contribution in [0.25, 0.3) is 11.1 Å². The Hall–Kier alpha value is -2.03. The molecule has 4 heterocycles. The fourth-order valence-electron chi connectivity index (χ4n) is 4.05. The molecule has 138 valence electrons. The third-order valence-electron chi connectivity index (χ3n) is 5.36. The Morgan fingerprint density at radius 1 is 1.19 bits per heavy atom. The van der Waals surface area contributed by atoms with Gasteiger partial charge in [0.1, 0.15) is 5.69 Å². The van der Waals surface area contributed by atoms with Crippen LogP contribution in [0.1, 0.15) is 27.0 Å². The Kier molecular flexibility index (Phi) is 3.79. The summed E-state index contributed by atoms with van der Waals surface area (Å²) < 4.78 is 26.0. The SMILES string of the molecule is Cc1nc(C(=O)N2CC3c4cc(-c5ccsc5)ccc4S(=O)(=O)C3C2)cs1. The minimum atomic E-state index is -3.42. The van der Waals surface area contributed by atoms with E-state index >= 15 is 0 Å². The number of sulfone groups is 1. The summed E-state index contributed by atoms with van der Waals surface area (Å²) in [6.07, 6.45) is 0. The van der Waals surface area contributed by atoms with E-state index in [-0.39, 0.29) is 18.4 Å². The van der Waals surface area contributed by atoms with Crippen molar-refractivity contribution >= 4 is 38.4 Å². The lowest BCUT2D eigenvalue weighted by molar-refractivity contribution is 0.0785. The highest BCUT2D eigenvalue weighted by Gasteiger charge is 2.51. The van der Waals surface area contributed by atoms with E-state index in [0.717, 1.165) is 21.7 Å². The van der Waals surface area contributed by atoms with Crippen molar-refractivity contribution in [2.24, 2.45) is 0 Å². The molecule has 2 aromatic heterocycles. The summed E-state index contributed by atoms with van der Waals surface area (Å²) in [6.45, 7) is 2.50. The number of thiazole rings is 1. The first-order chi connectivity index (χ1) is 12.9. The number of rotatable bonds is 2. The van der Waals surface area contributed by atoms with Crippen LogP contribution in [0.3, 0.4) is 0 Å². The third kappa shape index (κ3) is 2.58. The van der Waals surface area contributed by atoms with Crippen LogP contribution in [0.5, 0.6) is 0 Å². The van der Waals surface area contributed by atoms with Crippen molar-refractivity contribution in [1.29, 1.82) is 0 Å². The topological polar surface area (TPSA) is 67.3 Å². The molecular formula is C19H16N2O3S3. The molecule has 0 aliphatic carbocycles. The molecule has 0 saturated carbocycles. The van der Waals surface area contributed by atoms with E-state index in [1.165, 1.54) is 11.3 Å². The first kappa shape index (κ1) is 17.1. The summed E-state index contributed by atoms with van der Waals surface area (Å²) >= 11 is 3.04. The van der Waals surface area contributed by atoms with Crippen LogP contribution in [0, 0.1) is 6.92 Å². The van der Waals surface area contributed by atoms with Gasteiger partial charge >= 0.3 is 0 Å². The third-order valence-corrected chi connectivity index (χ3v) is 9.08. The Labute approximate surface area is 165 Å². The highest BCUT2D eigenvalue weighted by atomic mass is 32.2. The lowest BCUT2D eigenvalue weighted by Gasteiger charge is -2.16. The molecule has 5 nitrogen and oxygen atoms in total. The molecule has 3 aromatic rings. The Balaban J connectivity index is 1.52. The van der Waals surface area contributed by atoms with E-state index < -0.39 is 15.1 Å². The van der Waals surface area contributed by atoms with Crippen LogP contribution in [0.2, 0.25) is 0 Å². The molecule has 0 bridgehead atoms. The van der Waals surface area contributed by atoms with Gasteiger partial charge in [-0.3, -0.25) is 4.79 Å². The van der Waals surface area contributed by atoms with Crippen molar-refractivity contribution in [2.75, 3.05) is 13.1 Å². The second kappa shape index (κ2) is 5.98. The smallest absolute Gasteiger partial charge is 0.273 e. The monoisotopic (exact) mass is 416 g/mol. The maximum absolute atomic E-state index is 13.0. The van der Waals surface area contributed by atoms with Crippen LogP contribution >= 0.6 is 22.7 Å². The number of benzene rings is 1. The highest BCUT2D eigenvalue weighted by molar-refractivity contribution is 7.92. The van der Waals surface area contributed by atoms with E-state index in [1.54, 1.807) is 27.7 Å². The Morgan fingerprint density at radius 2 is 2.04 bits per heavy atom. The van der Waals surface area contributed by atoms with Crippen LogP contribution in [-0.2, 0) is 9.84 Å². The Bertz CT molecular complexity index is 1150. The van der Waals surface area contributed by atoms with Gasteiger partial charge in [0.05, 0.1) is 15.2 Å². The van der Waals surface area contributed by atoms with Crippen molar-refractivity contribution in [3.05, 3.63) is 56.7 Å². The van der Waals surface area contributed by atoms with E-state index in [1.807, 2.05) is 30.5 Å². The van der Waals surface area contributed by atoms with Gasteiger partial charge in [0.2, 0.25) is 0 Å². The number of fused-ring (bicyclic) bond motifs is 3. The molecule has 27 heavy (non-hydrogen) atoms. The zero-order chi connectivity index (χ0) is 18.8. The minimum absolute atomic E-state index is 0.174. The molecule has 2 aliphatic rings. The van der Waals surface area contributed by atoms with Crippen molar-refractivity contribution in [2.45, 2.75) is 23.0 Å². The predicted molar refractivity (Wildman–Crippen MR) is 106 cm³/mol. The van der Waals surface area contributed by atoms with Gasteiger partial charge in [-0.2, -0.15) is 11.3 Å². The number of likely N-dealkylation sites (tertiary alicyclic amines) is 1. The molecule has 0 radical (unpaired) electrons. The summed E-state index contributed by atoms with van der Waals surface area (Å²) in [4.78, 5) is 19.1. The fourth-order valence-corrected chi connectivity index (χ4v) is 7.46. The van der Waals surface area contributed by atoms with E-state index in [0.29, 0.717) is 17.1 Å². The number of hydrogen-bond acceptors (Lipinski definition) is 6. The average molecular weight is 417 g/mol. The molecule has 1 amide bonds. The molecule has 0 N–H and O–H groups in total. The normalized spacial score (nSPS) is 22.6. The van der Waals surface area contributed by atoms with Crippen LogP contribution in [0.15, 0.2) is 45.3 Å². The fraction of sp³-hybridized carbons (Fsp3) is 0.263. The summed E-state index contributed by atoms with van der Waals surface area (Å²) in [5, 5.41) is 6.07. The second-order valence-electron chi connectivity index (χ2n) is 6.92. The first-order valence-corrected chi connectivity index (χ1v) is 11.9. The maximum atomic E-state index is 13.0. The van der Waals surface area contributed by atoms with Gasteiger partial charge in [0.15, 0.2) is 9.84 Å². The highest BCUT2D eigenvalue weighted by Crippen LogP contribution is 2.46. The zero-order valence-corrected chi connectivity index (χ0v) is 16.9. The van der Waals surface area contributed by atoms with Crippen molar-refractivity contribution in [3.8, 4) is 11.1 Å². The van der Waals surface area contributed by atoms with E-state index in [9.17, 15) is 13.2 Å². The van der Waals surface area contributed by atoms with Gasteiger partial charge in [-0.25, -0.2) is 13.4 Å². The summed E-state index contributed by atoms with van der Waals surface area (Å²) in [7, 11) is -3.42. The molecule has 2 atom stereocenters. The van der Waals surface area contributed by atoms with Gasteiger partial charge in [0, 0.05) is 24.4 Å². The summed E-state index contributed by atoms with van der Waals surface area (Å²) in [5.74, 6) is -0.355. The molecule has 2 unspecified atom stereocenters. The van der Waals surface area contributed by atoms with Crippen LogP contribution in [0.4, 0.5) is 0 Å². The maximum Gasteiger partial charge on any atom is 0.273 e. The lowest BCUT2D eigenvalue weighted by Crippen LogP contribution is -2.31. The molecule has 8 heteroatoms. The number of carbonyl (C=O) groups is 1. The first-order valence-electron chi connectivity index (χ1n) is 8.57. The molecule has 1 saturated heterocycles.